The van der Waals surface area contributed by atoms with Gasteiger partial charge in [0.1, 0.15) is 6.61 Å². The Labute approximate surface area is 118 Å². The van der Waals surface area contributed by atoms with Gasteiger partial charge in [0, 0.05) is 12.6 Å². The van der Waals surface area contributed by atoms with Crippen LogP contribution in [-0.2, 0) is 0 Å². The minimum absolute atomic E-state index is 0.0705. The summed E-state index contributed by atoms with van der Waals surface area (Å²) >= 11 is 1.36. The fourth-order valence-electron chi connectivity index (χ4n) is 1.35. The summed E-state index contributed by atoms with van der Waals surface area (Å²) in [5, 5.41) is 11.6. The van der Waals surface area contributed by atoms with Crippen LogP contribution >= 0.6 is 11.3 Å². The van der Waals surface area contributed by atoms with E-state index in [4.69, 9.17) is 5.11 Å². The van der Waals surface area contributed by atoms with Crippen molar-refractivity contribution in [2.45, 2.75) is 19.9 Å². The molecule has 1 unspecified atom stereocenters. The first-order chi connectivity index (χ1) is 8.95. The molecule has 1 rings (SSSR count). The summed E-state index contributed by atoms with van der Waals surface area (Å²) in [6.45, 7) is 4.41. The Morgan fingerprint density at radius 3 is 2.84 bits per heavy atom. The predicted molar refractivity (Wildman–Crippen MR) is 78.5 cm³/mol. The molecule has 0 saturated carbocycles. The zero-order valence-corrected chi connectivity index (χ0v) is 12.6. The number of thiophene rings is 1. The highest BCUT2D eigenvalue weighted by atomic mass is 32.1. The Morgan fingerprint density at radius 1 is 1.58 bits per heavy atom. The molecule has 0 spiro atoms. The average molecular weight is 280 g/mol. The quantitative estimate of drug-likeness (QED) is 0.812. The monoisotopic (exact) mass is 280 g/mol. The lowest BCUT2D eigenvalue weighted by molar-refractivity contribution is 0.0947. The van der Waals surface area contributed by atoms with Gasteiger partial charge in [0.15, 0.2) is 0 Å². The van der Waals surface area contributed by atoms with Crippen LogP contribution in [0.15, 0.2) is 6.07 Å². The van der Waals surface area contributed by atoms with Gasteiger partial charge in [-0.25, -0.2) is 0 Å². The number of amides is 1. The standard InChI is InChI=1S/C14H20N2O2S/c1-10-8-13(19-12(10)6-5-7-17)14(18)15-9-11(2)16(3)4/h8,11,17H,7,9H2,1-4H3,(H,15,18). The summed E-state index contributed by atoms with van der Waals surface area (Å²) in [5.41, 5.74) is 0.969. The van der Waals surface area contributed by atoms with Crippen molar-refractivity contribution in [3.63, 3.8) is 0 Å². The van der Waals surface area contributed by atoms with E-state index in [2.05, 4.69) is 29.0 Å². The van der Waals surface area contributed by atoms with Gasteiger partial charge in [-0.05, 0) is 39.6 Å². The number of hydrogen-bond donors (Lipinski definition) is 2. The van der Waals surface area contributed by atoms with Crippen LogP contribution in [0, 0.1) is 18.8 Å². The van der Waals surface area contributed by atoms with Crippen LogP contribution in [0.2, 0.25) is 0 Å². The van der Waals surface area contributed by atoms with Crippen molar-refractivity contribution in [3.8, 4) is 11.8 Å². The average Bonchev–Trinajstić information content (AvgIpc) is 2.74. The number of aliphatic hydroxyl groups excluding tert-OH is 1. The molecule has 0 aliphatic carbocycles. The highest BCUT2D eigenvalue weighted by Crippen LogP contribution is 2.20. The molecule has 19 heavy (non-hydrogen) atoms. The first kappa shape index (κ1) is 15.7. The topological polar surface area (TPSA) is 52.6 Å². The van der Waals surface area contributed by atoms with E-state index >= 15 is 0 Å². The SMILES string of the molecule is Cc1cc(C(=O)NCC(C)N(C)C)sc1C#CCO. The second-order valence-corrected chi connectivity index (χ2v) is 5.66. The van der Waals surface area contributed by atoms with Crippen molar-refractivity contribution in [3.05, 3.63) is 21.4 Å². The van der Waals surface area contributed by atoms with Gasteiger partial charge in [-0.15, -0.1) is 11.3 Å². The third-order valence-corrected chi connectivity index (χ3v) is 4.01. The smallest absolute Gasteiger partial charge is 0.261 e. The number of carbonyl (C=O) groups is 1. The highest BCUT2D eigenvalue weighted by molar-refractivity contribution is 7.14. The molecule has 1 amide bonds. The maximum atomic E-state index is 12.0. The van der Waals surface area contributed by atoms with E-state index in [1.807, 2.05) is 27.1 Å². The van der Waals surface area contributed by atoms with Crippen molar-refractivity contribution >= 4 is 17.2 Å². The largest absolute Gasteiger partial charge is 0.384 e. The summed E-state index contributed by atoms with van der Waals surface area (Å²) in [6.07, 6.45) is 0. The molecule has 1 aromatic rings. The molecule has 4 nitrogen and oxygen atoms in total. The zero-order valence-electron chi connectivity index (χ0n) is 11.8. The van der Waals surface area contributed by atoms with E-state index in [0.717, 1.165) is 10.4 Å². The van der Waals surface area contributed by atoms with E-state index in [-0.39, 0.29) is 12.5 Å². The predicted octanol–water partition coefficient (Wildman–Crippen LogP) is 1.08. The lowest BCUT2D eigenvalue weighted by Crippen LogP contribution is -2.37. The van der Waals surface area contributed by atoms with E-state index in [0.29, 0.717) is 17.5 Å². The summed E-state index contributed by atoms with van der Waals surface area (Å²) in [7, 11) is 3.96. The van der Waals surface area contributed by atoms with Gasteiger partial charge >= 0.3 is 0 Å². The second kappa shape index (κ2) is 7.29. The molecule has 0 fully saturated rings. The van der Waals surface area contributed by atoms with Gasteiger partial charge in [0.05, 0.1) is 9.75 Å². The molecule has 0 saturated heterocycles. The Morgan fingerprint density at radius 2 is 2.26 bits per heavy atom. The van der Waals surface area contributed by atoms with Gasteiger partial charge in [-0.2, -0.15) is 0 Å². The first-order valence-electron chi connectivity index (χ1n) is 6.10. The molecular formula is C14H20N2O2S. The Balaban J connectivity index is 2.68. The van der Waals surface area contributed by atoms with Crippen LogP contribution < -0.4 is 5.32 Å². The number of rotatable bonds is 4. The number of hydrogen-bond acceptors (Lipinski definition) is 4. The van der Waals surface area contributed by atoms with Crippen LogP contribution in [-0.4, -0.2) is 49.2 Å². The minimum atomic E-state index is -0.167. The molecule has 0 aliphatic rings. The zero-order chi connectivity index (χ0) is 14.4. The molecule has 0 radical (unpaired) electrons. The summed E-state index contributed by atoms with van der Waals surface area (Å²) in [4.78, 5) is 15.5. The molecule has 2 N–H and O–H groups in total. The fourth-order valence-corrected chi connectivity index (χ4v) is 2.31. The molecule has 104 valence electrons. The van der Waals surface area contributed by atoms with E-state index < -0.39 is 0 Å². The lowest BCUT2D eigenvalue weighted by atomic mass is 10.2. The van der Waals surface area contributed by atoms with Crippen molar-refractivity contribution in [2.24, 2.45) is 0 Å². The van der Waals surface area contributed by atoms with Crippen LogP contribution in [0.1, 0.15) is 27.0 Å². The second-order valence-electron chi connectivity index (χ2n) is 4.61. The Hall–Kier alpha value is -1.35. The van der Waals surface area contributed by atoms with E-state index in [1.54, 1.807) is 0 Å². The van der Waals surface area contributed by atoms with Crippen molar-refractivity contribution < 1.29 is 9.90 Å². The molecule has 1 heterocycles. The molecular weight excluding hydrogens is 260 g/mol. The first-order valence-corrected chi connectivity index (χ1v) is 6.92. The van der Waals surface area contributed by atoms with Crippen molar-refractivity contribution in [1.82, 2.24) is 10.2 Å². The number of nitrogens with zero attached hydrogens (tertiary/aromatic N) is 1. The molecule has 0 bridgehead atoms. The lowest BCUT2D eigenvalue weighted by Gasteiger charge is -2.19. The van der Waals surface area contributed by atoms with Gasteiger partial charge in [0.25, 0.3) is 5.91 Å². The number of aliphatic hydroxyl groups is 1. The van der Waals surface area contributed by atoms with E-state index in [9.17, 15) is 4.79 Å². The number of nitrogens with one attached hydrogen (secondary N) is 1. The van der Waals surface area contributed by atoms with Crippen molar-refractivity contribution in [1.29, 1.82) is 0 Å². The Bertz CT molecular complexity index is 497. The Kier molecular flexibility index (Phi) is 6.03. The number of carbonyl (C=O) groups excluding carboxylic acids is 1. The van der Waals surface area contributed by atoms with E-state index in [1.165, 1.54) is 11.3 Å². The maximum Gasteiger partial charge on any atom is 0.261 e. The van der Waals surface area contributed by atoms with Gasteiger partial charge in [-0.1, -0.05) is 11.8 Å². The van der Waals surface area contributed by atoms with Crippen LogP contribution in [0.3, 0.4) is 0 Å². The molecule has 1 aromatic heterocycles. The summed E-state index contributed by atoms with van der Waals surface area (Å²) in [6, 6.07) is 2.13. The summed E-state index contributed by atoms with van der Waals surface area (Å²) < 4.78 is 0. The molecule has 5 heteroatoms. The molecule has 0 aromatic carbocycles. The summed E-state index contributed by atoms with van der Waals surface area (Å²) in [5.74, 6) is 5.38. The minimum Gasteiger partial charge on any atom is -0.384 e. The van der Waals surface area contributed by atoms with Gasteiger partial charge in [0.2, 0.25) is 0 Å². The van der Waals surface area contributed by atoms with Gasteiger partial charge < -0.3 is 15.3 Å². The third kappa shape index (κ3) is 4.67. The van der Waals surface area contributed by atoms with Crippen molar-refractivity contribution in [2.75, 3.05) is 27.2 Å². The van der Waals surface area contributed by atoms with Crippen LogP contribution in [0.5, 0.6) is 0 Å². The fraction of sp³-hybridized carbons (Fsp3) is 0.500. The molecule has 0 aliphatic heterocycles. The third-order valence-electron chi connectivity index (χ3n) is 2.86. The van der Waals surface area contributed by atoms with Crippen LogP contribution in [0.4, 0.5) is 0 Å². The number of likely N-dealkylation sites (N-methyl/N-ethyl adjacent to an activating group) is 1. The van der Waals surface area contributed by atoms with Crippen LogP contribution in [0.25, 0.3) is 0 Å². The maximum absolute atomic E-state index is 12.0. The normalized spacial score (nSPS) is 11.9. The number of aryl methyl sites for hydroxylation is 1. The molecule has 1 atom stereocenters. The highest BCUT2D eigenvalue weighted by Gasteiger charge is 2.13. The van der Waals surface area contributed by atoms with Gasteiger partial charge in [-0.3, -0.25) is 4.79 Å².